The fraction of sp³-hybridized carbons (Fsp3) is 1.00. The largest absolute Gasteiger partial charge is 0.390 e. The predicted molar refractivity (Wildman–Crippen MR) is 55.8 cm³/mol. The van der Waals surface area contributed by atoms with Crippen molar-refractivity contribution in [2.75, 3.05) is 13.2 Å². The molecule has 0 aliphatic heterocycles. The topological polar surface area (TPSA) is 29.5 Å². The molecule has 0 aliphatic carbocycles. The molecule has 0 spiro atoms. The Morgan fingerprint density at radius 1 is 0.923 bits per heavy atom. The smallest absolute Gasteiger partial charge is 0.0613 e. The van der Waals surface area contributed by atoms with Crippen LogP contribution in [0.5, 0.6) is 0 Å². The molecule has 80 valence electrons. The molecule has 0 aromatic carbocycles. The minimum absolute atomic E-state index is 0.342. The lowest BCUT2D eigenvalue weighted by molar-refractivity contribution is 0.0233. The lowest BCUT2D eigenvalue weighted by Gasteiger charge is -2.19. The molecular formula is C11H24O2. The van der Waals surface area contributed by atoms with E-state index in [0.717, 1.165) is 13.0 Å². The lowest BCUT2D eigenvalue weighted by Crippen LogP contribution is -2.21. The van der Waals surface area contributed by atoms with Crippen LogP contribution in [0.3, 0.4) is 0 Å². The van der Waals surface area contributed by atoms with Gasteiger partial charge in [-0.2, -0.15) is 0 Å². The molecule has 0 saturated carbocycles. The molecule has 0 unspecified atom stereocenters. The molecule has 2 heteroatoms. The first-order valence-corrected chi connectivity index (χ1v) is 5.01. The van der Waals surface area contributed by atoms with Crippen LogP contribution in [-0.4, -0.2) is 23.9 Å². The van der Waals surface area contributed by atoms with E-state index in [9.17, 15) is 5.11 Å². The highest BCUT2D eigenvalue weighted by Crippen LogP contribution is 2.18. The molecule has 2 nitrogen and oxygen atoms in total. The van der Waals surface area contributed by atoms with Gasteiger partial charge in [-0.15, -0.1) is 0 Å². The van der Waals surface area contributed by atoms with Gasteiger partial charge in [-0.1, -0.05) is 20.8 Å². The van der Waals surface area contributed by atoms with Crippen molar-refractivity contribution in [3.63, 3.8) is 0 Å². The van der Waals surface area contributed by atoms with Crippen LogP contribution in [-0.2, 0) is 4.74 Å². The van der Waals surface area contributed by atoms with Crippen molar-refractivity contribution >= 4 is 0 Å². The summed E-state index contributed by atoms with van der Waals surface area (Å²) in [6, 6.07) is 0. The molecule has 0 aromatic heterocycles. The second kappa shape index (κ2) is 4.97. The molecule has 0 fully saturated rings. The fourth-order valence-electron chi connectivity index (χ4n) is 0.802. The maximum atomic E-state index is 9.40. The number of ether oxygens (including phenoxy) is 1. The molecule has 0 bridgehead atoms. The van der Waals surface area contributed by atoms with E-state index in [1.807, 2.05) is 0 Å². The Morgan fingerprint density at radius 2 is 1.38 bits per heavy atom. The van der Waals surface area contributed by atoms with E-state index in [1.54, 1.807) is 13.8 Å². The average molecular weight is 188 g/mol. The van der Waals surface area contributed by atoms with E-state index >= 15 is 0 Å². The van der Waals surface area contributed by atoms with E-state index in [-0.39, 0.29) is 0 Å². The van der Waals surface area contributed by atoms with Crippen molar-refractivity contribution in [3.05, 3.63) is 0 Å². The van der Waals surface area contributed by atoms with Crippen LogP contribution in [0.25, 0.3) is 0 Å². The van der Waals surface area contributed by atoms with Gasteiger partial charge in [0.15, 0.2) is 0 Å². The summed E-state index contributed by atoms with van der Waals surface area (Å²) in [5.74, 6) is 0. The minimum Gasteiger partial charge on any atom is -0.390 e. The molecular weight excluding hydrogens is 164 g/mol. The SMILES string of the molecule is CC(C)(C)CCOCCC(C)(C)O. The molecule has 0 amide bonds. The second-order valence-corrected chi connectivity index (χ2v) is 5.49. The normalized spacial score (nSPS) is 13.4. The molecule has 0 saturated heterocycles. The zero-order valence-electron chi connectivity index (χ0n) is 9.68. The summed E-state index contributed by atoms with van der Waals surface area (Å²) in [6.45, 7) is 11.7. The Balaban J connectivity index is 3.28. The number of rotatable bonds is 5. The summed E-state index contributed by atoms with van der Waals surface area (Å²) in [5, 5.41) is 9.40. The molecule has 0 atom stereocenters. The van der Waals surface area contributed by atoms with Gasteiger partial charge >= 0.3 is 0 Å². The van der Waals surface area contributed by atoms with Gasteiger partial charge < -0.3 is 9.84 Å². The summed E-state index contributed by atoms with van der Waals surface area (Å²) >= 11 is 0. The monoisotopic (exact) mass is 188 g/mol. The summed E-state index contributed by atoms with van der Waals surface area (Å²) in [7, 11) is 0. The van der Waals surface area contributed by atoms with Gasteiger partial charge in [0.1, 0.15) is 0 Å². The third-order valence-corrected chi connectivity index (χ3v) is 1.85. The van der Waals surface area contributed by atoms with Gasteiger partial charge in [-0.3, -0.25) is 0 Å². The molecule has 0 aliphatic rings. The Bertz CT molecular complexity index is 112. The van der Waals surface area contributed by atoms with Crippen molar-refractivity contribution in [2.45, 2.75) is 53.1 Å². The molecule has 0 rings (SSSR count). The van der Waals surface area contributed by atoms with E-state index in [4.69, 9.17) is 4.74 Å². The van der Waals surface area contributed by atoms with E-state index in [1.165, 1.54) is 0 Å². The van der Waals surface area contributed by atoms with Crippen molar-refractivity contribution in [2.24, 2.45) is 5.41 Å². The summed E-state index contributed by atoms with van der Waals surface area (Å²) in [4.78, 5) is 0. The van der Waals surface area contributed by atoms with Gasteiger partial charge in [0.05, 0.1) is 5.60 Å². The zero-order chi connectivity index (χ0) is 10.5. The fourth-order valence-corrected chi connectivity index (χ4v) is 0.802. The van der Waals surface area contributed by atoms with Gasteiger partial charge in [0, 0.05) is 13.2 Å². The van der Waals surface area contributed by atoms with E-state index < -0.39 is 5.60 Å². The molecule has 13 heavy (non-hydrogen) atoms. The molecule has 1 N–H and O–H groups in total. The highest BCUT2D eigenvalue weighted by molar-refractivity contribution is 4.64. The lowest BCUT2D eigenvalue weighted by atomic mass is 9.93. The van der Waals surface area contributed by atoms with Crippen molar-refractivity contribution in [1.82, 2.24) is 0 Å². The maximum absolute atomic E-state index is 9.40. The third kappa shape index (κ3) is 11.9. The van der Waals surface area contributed by atoms with Crippen molar-refractivity contribution in [1.29, 1.82) is 0 Å². The van der Waals surface area contributed by atoms with Crippen LogP contribution in [0.2, 0.25) is 0 Å². The Hall–Kier alpha value is -0.0800. The van der Waals surface area contributed by atoms with Crippen LogP contribution in [0.1, 0.15) is 47.5 Å². The first-order valence-electron chi connectivity index (χ1n) is 5.01. The standard InChI is InChI=1S/C11H24O2/c1-10(2,3)6-8-13-9-7-11(4,5)12/h12H,6-9H2,1-5H3. The van der Waals surface area contributed by atoms with Crippen LogP contribution in [0.4, 0.5) is 0 Å². The van der Waals surface area contributed by atoms with Crippen LogP contribution >= 0.6 is 0 Å². The number of aliphatic hydroxyl groups is 1. The molecule has 0 heterocycles. The van der Waals surface area contributed by atoms with Crippen molar-refractivity contribution < 1.29 is 9.84 Å². The number of hydrogen-bond acceptors (Lipinski definition) is 2. The van der Waals surface area contributed by atoms with Crippen LogP contribution < -0.4 is 0 Å². The second-order valence-electron chi connectivity index (χ2n) is 5.49. The Kier molecular flexibility index (Phi) is 4.93. The maximum Gasteiger partial charge on any atom is 0.0613 e. The Labute approximate surface area is 82.3 Å². The van der Waals surface area contributed by atoms with Crippen LogP contribution in [0.15, 0.2) is 0 Å². The first-order chi connectivity index (χ1) is 5.71. The highest BCUT2D eigenvalue weighted by Gasteiger charge is 2.13. The summed E-state index contributed by atoms with van der Waals surface area (Å²) in [5.41, 5.74) is -0.254. The molecule has 0 radical (unpaired) electrons. The quantitative estimate of drug-likeness (QED) is 0.672. The minimum atomic E-state index is -0.596. The van der Waals surface area contributed by atoms with Crippen molar-refractivity contribution in [3.8, 4) is 0 Å². The Morgan fingerprint density at radius 3 is 1.77 bits per heavy atom. The zero-order valence-corrected chi connectivity index (χ0v) is 9.68. The highest BCUT2D eigenvalue weighted by atomic mass is 16.5. The van der Waals surface area contributed by atoms with Gasteiger partial charge in [0.2, 0.25) is 0 Å². The first kappa shape index (κ1) is 12.9. The predicted octanol–water partition coefficient (Wildman–Crippen LogP) is 2.60. The van der Waals surface area contributed by atoms with Gasteiger partial charge in [-0.05, 0) is 32.1 Å². The van der Waals surface area contributed by atoms with E-state index in [2.05, 4.69) is 20.8 Å². The average Bonchev–Trinajstić information content (AvgIpc) is 1.81. The third-order valence-electron chi connectivity index (χ3n) is 1.85. The van der Waals surface area contributed by atoms with Crippen LogP contribution in [0, 0.1) is 5.41 Å². The van der Waals surface area contributed by atoms with E-state index in [0.29, 0.717) is 18.4 Å². The van der Waals surface area contributed by atoms with Gasteiger partial charge in [0.25, 0.3) is 0 Å². The summed E-state index contributed by atoms with van der Waals surface area (Å²) < 4.78 is 5.43. The number of hydrogen-bond donors (Lipinski definition) is 1. The summed E-state index contributed by atoms with van der Waals surface area (Å²) in [6.07, 6.45) is 1.77. The van der Waals surface area contributed by atoms with Gasteiger partial charge in [-0.25, -0.2) is 0 Å². The molecule has 0 aromatic rings.